The third-order valence-corrected chi connectivity index (χ3v) is 3.42. The summed E-state index contributed by atoms with van der Waals surface area (Å²) in [5, 5.41) is 7.12. The molecule has 0 saturated carbocycles. The molecule has 1 atom stereocenters. The number of halogens is 3. The number of aryl methyl sites for hydroxylation is 1. The Kier molecular flexibility index (Phi) is 3.48. The molecular weight excluding hydrogens is 285 g/mol. The van der Waals surface area contributed by atoms with Gasteiger partial charge in [-0.2, -0.15) is 13.2 Å². The molecule has 5 nitrogen and oxygen atoms in total. The van der Waals surface area contributed by atoms with Crippen molar-refractivity contribution in [2.75, 3.05) is 13.1 Å². The highest BCUT2D eigenvalue weighted by molar-refractivity contribution is 5.46. The van der Waals surface area contributed by atoms with E-state index in [4.69, 9.17) is 4.42 Å². The second-order valence-corrected chi connectivity index (χ2v) is 5.17. The van der Waals surface area contributed by atoms with Crippen molar-refractivity contribution in [1.29, 1.82) is 0 Å². The van der Waals surface area contributed by atoms with Crippen molar-refractivity contribution in [3.63, 3.8) is 0 Å². The van der Waals surface area contributed by atoms with Gasteiger partial charge in [-0.15, -0.1) is 5.10 Å². The van der Waals surface area contributed by atoms with Crippen molar-refractivity contribution in [1.82, 2.24) is 20.1 Å². The van der Waals surface area contributed by atoms with Gasteiger partial charge in [0.15, 0.2) is 5.76 Å². The van der Waals surface area contributed by atoms with E-state index >= 15 is 0 Å². The molecule has 1 fully saturated rings. The molecule has 8 heteroatoms. The smallest absolute Gasteiger partial charge is 0.408 e. The Morgan fingerprint density at radius 3 is 2.81 bits per heavy atom. The molecule has 1 saturated heterocycles. The van der Waals surface area contributed by atoms with Gasteiger partial charge in [-0.1, -0.05) is 0 Å². The highest BCUT2D eigenvalue weighted by Gasteiger charge is 2.33. The molecule has 0 spiro atoms. The summed E-state index contributed by atoms with van der Waals surface area (Å²) in [6.07, 6.45) is -3.57. The fourth-order valence-electron chi connectivity index (χ4n) is 2.48. The van der Waals surface area contributed by atoms with Crippen LogP contribution in [0, 0.1) is 6.92 Å². The van der Waals surface area contributed by atoms with Crippen molar-refractivity contribution < 1.29 is 17.6 Å². The lowest BCUT2D eigenvalue weighted by Crippen LogP contribution is -2.22. The van der Waals surface area contributed by atoms with Gasteiger partial charge in [0.1, 0.15) is 18.1 Å². The summed E-state index contributed by atoms with van der Waals surface area (Å²) < 4.78 is 44.4. The maximum Gasteiger partial charge on any atom is 0.408 e. The average molecular weight is 300 g/mol. The largest absolute Gasteiger partial charge is 0.458 e. The molecule has 0 aliphatic carbocycles. The van der Waals surface area contributed by atoms with Gasteiger partial charge in [0.05, 0.1) is 0 Å². The fraction of sp³-hybridized carbons (Fsp3) is 0.538. The minimum absolute atomic E-state index is 0.0512. The van der Waals surface area contributed by atoms with Crippen LogP contribution in [-0.2, 0) is 6.54 Å². The topological polar surface area (TPSA) is 55.9 Å². The Hall–Kier alpha value is -1.83. The first-order valence-corrected chi connectivity index (χ1v) is 6.71. The Labute approximate surface area is 119 Å². The van der Waals surface area contributed by atoms with Crippen LogP contribution < -0.4 is 5.32 Å². The molecule has 0 radical (unpaired) electrons. The van der Waals surface area contributed by atoms with E-state index in [0.29, 0.717) is 23.9 Å². The van der Waals surface area contributed by atoms with Crippen LogP contribution in [0.1, 0.15) is 23.9 Å². The van der Waals surface area contributed by atoms with E-state index in [2.05, 4.69) is 15.4 Å². The predicted molar refractivity (Wildman–Crippen MR) is 68.7 cm³/mol. The Balaban J connectivity index is 1.97. The van der Waals surface area contributed by atoms with E-state index < -0.39 is 12.7 Å². The Morgan fingerprint density at radius 1 is 1.43 bits per heavy atom. The van der Waals surface area contributed by atoms with Gasteiger partial charge < -0.3 is 9.73 Å². The van der Waals surface area contributed by atoms with Crippen LogP contribution in [0.15, 0.2) is 16.5 Å². The second-order valence-electron chi connectivity index (χ2n) is 5.17. The van der Waals surface area contributed by atoms with Crippen LogP contribution in [0.2, 0.25) is 0 Å². The van der Waals surface area contributed by atoms with Crippen molar-refractivity contribution in [3.8, 4) is 11.6 Å². The molecule has 0 amide bonds. The zero-order chi connectivity index (χ0) is 15.0. The lowest BCUT2D eigenvalue weighted by molar-refractivity contribution is -0.143. The summed E-state index contributed by atoms with van der Waals surface area (Å²) in [5.74, 6) is 1.57. The predicted octanol–water partition coefficient (Wildman–Crippen LogP) is 2.49. The standard InChI is InChI=1S/C13H15F3N4O/c1-8-2-3-10(21-8)11-18-12(9-4-5-17-6-9)20(19-11)7-13(14,15)16/h2-3,9,17H,4-7H2,1H3/t9-/m0/s1. The molecule has 1 N–H and O–H groups in total. The van der Waals surface area contributed by atoms with Gasteiger partial charge in [-0.05, 0) is 32.0 Å². The number of nitrogens with one attached hydrogen (secondary N) is 1. The molecule has 0 bridgehead atoms. The third kappa shape index (κ3) is 3.10. The van der Waals surface area contributed by atoms with Crippen LogP contribution >= 0.6 is 0 Å². The number of aromatic nitrogens is 3. The SMILES string of the molecule is Cc1ccc(-c2nc([C@H]3CCNC3)n(CC(F)(F)F)n2)o1. The van der Waals surface area contributed by atoms with Crippen LogP contribution in [0.3, 0.4) is 0 Å². The highest BCUT2D eigenvalue weighted by atomic mass is 19.4. The Morgan fingerprint density at radius 2 is 2.24 bits per heavy atom. The summed E-state index contributed by atoms with van der Waals surface area (Å²) >= 11 is 0. The van der Waals surface area contributed by atoms with Crippen molar-refractivity contribution in [2.24, 2.45) is 0 Å². The summed E-state index contributed by atoms with van der Waals surface area (Å²) in [7, 11) is 0. The molecule has 2 aromatic rings. The quantitative estimate of drug-likeness (QED) is 0.946. The molecule has 2 aromatic heterocycles. The monoisotopic (exact) mass is 300 g/mol. The maximum atomic E-state index is 12.7. The highest BCUT2D eigenvalue weighted by Crippen LogP contribution is 2.27. The molecule has 3 heterocycles. The molecule has 3 rings (SSSR count). The molecule has 114 valence electrons. The van der Waals surface area contributed by atoms with E-state index in [0.717, 1.165) is 17.6 Å². The molecule has 0 unspecified atom stereocenters. The number of alkyl halides is 3. The number of nitrogens with zero attached hydrogens (tertiary/aromatic N) is 3. The lowest BCUT2D eigenvalue weighted by atomic mass is 10.1. The van der Waals surface area contributed by atoms with E-state index in [9.17, 15) is 13.2 Å². The van der Waals surface area contributed by atoms with Crippen LogP contribution in [-0.4, -0.2) is 34.0 Å². The number of furan rings is 1. The summed E-state index contributed by atoms with van der Waals surface area (Å²) in [5.41, 5.74) is 0. The molecular formula is C13H15F3N4O. The van der Waals surface area contributed by atoms with Gasteiger partial charge in [0.2, 0.25) is 5.82 Å². The fourth-order valence-corrected chi connectivity index (χ4v) is 2.48. The van der Waals surface area contributed by atoms with Gasteiger partial charge in [0.25, 0.3) is 0 Å². The summed E-state index contributed by atoms with van der Waals surface area (Å²) in [4.78, 5) is 4.28. The molecule has 1 aliphatic heterocycles. The van der Waals surface area contributed by atoms with Crippen LogP contribution in [0.5, 0.6) is 0 Å². The first-order chi connectivity index (χ1) is 9.92. The Bertz CT molecular complexity index is 626. The van der Waals surface area contributed by atoms with Gasteiger partial charge in [-0.25, -0.2) is 9.67 Å². The third-order valence-electron chi connectivity index (χ3n) is 3.42. The van der Waals surface area contributed by atoms with Crippen LogP contribution in [0.25, 0.3) is 11.6 Å². The second kappa shape index (κ2) is 5.18. The number of rotatable bonds is 3. The van der Waals surface area contributed by atoms with E-state index in [1.807, 2.05) is 0 Å². The van der Waals surface area contributed by atoms with Gasteiger partial charge in [-0.3, -0.25) is 0 Å². The number of hydrogen-bond donors (Lipinski definition) is 1. The first kappa shape index (κ1) is 14.1. The maximum absolute atomic E-state index is 12.7. The van der Waals surface area contributed by atoms with E-state index in [-0.39, 0.29) is 11.7 Å². The minimum Gasteiger partial charge on any atom is -0.458 e. The normalized spacial score (nSPS) is 19.3. The van der Waals surface area contributed by atoms with Gasteiger partial charge >= 0.3 is 6.18 Å². The summed E-state index contributed by atoms with van der Waals surface area (Å²) in [6, 6.07) is 3.40. The van der Waals surface area contributed by atoms with E-state index in [1.54, 1.807) is 19.1 Å². The molecule has 21 heavy (non-hydrogen) atoms. The zero-order valence-electron chi connectivity index (χ0n) is 11.4. The molecule has 1 aliphatic rings. The van der Waals surface area contributed by atoms with Crippen molar-refractivity contribution in [3.05, 3.63) is 23.7 Å². The minimum atomic E-state index is -4.33. The average Bonchev–Trinajstić information content (AvgIpc) is 3.05. The van der Waals surface area contributed by atoms with Crippen molar-refractivity contribution >= 4 is 0 Å². The van der Waals surface area contributed by atoms with Crippen LogP contribution in [0.4, 0.5) is 13.2 Å². The first-order valence-electron chi connectivity index (χ1n) is 6.71. The zero-order valence-corrected chi connectivity index (χ0v) is 11.4. The van der Waals surface area contributed by atoms with E-state index in [1.165, 1.54) is 0 Å². The number of hydrogen-bond acceptors (Lipinski definition) is 4. The lowest BCUT2D eigenvalue weighted by Gasteiger charge is -2.12. The van der Waals surface area contributed by atoms with Crippen molar-refractivity contribution in [2.45, 2.75) is 32.0 Å². The molecule has 0 aromatic carbocycles. The summed E-state index contributed by atoms with van der Waals surface area (Å²) in [6.45, 7) is 2.02. The van der Waals surface area contributed by atoms with Gasteiger partial charge in [0, 0.05) is 12.5 Å².